The number of rotatable bonds is 5. The van der Waals surface area contributed by atoms with Gasteiger partial charge in [0.1, 0.15) is 6.54 Å². The van der Waals surface area contributed by atoms with Crippen LogP contribution in [0, 0.1) is 0 Å². The van der Waals surface area contributed by atoms with E-state index in [-0.39, 0.29) is 23.7 Å². The second-order valence-corrected chi connectivity index (χ2v) is 4.03. The first kappa shape index (κ1) is 14.0. The zero-order valence-corrected chi connectivity index (χ0v) is 10.3. The van der Waals surface area contributed by atoms with Gasteiger partial charge in [-0.15, -0.1) is 0 Å². The maximum absolute atomic E-state index is 12.1. The summed E-state index contributed by atoms with van der Waals surface area (Å²) in [7, 11) is 0. The first-order valence-corrected chi connectivity index (χ1v) is 5.67. The summed E-state index contributed by atoms with van der Waals surface area (Å²) in [6, 6.07) is 2.42. The van der Waals surface area contributed by atoms with Crippen molar-refractivity contribution in [1.29, 1.82) is 0 Å². The van der Waals surface area contributed by atoms with Crippen LogP contribution in [0.5, 0.6) is 0 Å². The minimum Gasteiger partial charge on any atom is -0.480 e. The molecule has 0 fully saturated rings. The second-order valence-electron chi connectivity index (χ2n) is 4.03. The largest absolute Gasteiger partial charge is 0.480 e. The van der Waals surface area contributed by atoms with Crippen LogP contribution in [0.4, 0.5) is 0 Å². The van der Waals surface area contributed by atoms with Crippen LogP contribution in [0.3, 0.4) is 0 Å². The van der Waals surface area contributed by atoms with E-state index in [1.807, 2.05) is 6.92 Å². The molecule has 0 saturated carbocycles. The van der Waals surface area contributed by atoms with E-state index in [4.69, 9.17) is 5.11 Å². The third kappa shape index (κ3) is 3.44. The van der Waals surface area contributed by atoms with Crippen molar-refractivity contribution in [3.8, 4) is 0 Å². The lowest BCUT2D eigenvalue weighted by molar-refractivity contribution is -0.138. The van der Waals surface area contributed by atoms with Crippen molar-refractivity contribution in [1.82, 2.24) is 9.88 Å². The molecule has 0 bridgehead atoms. The summed E-state index contributed by atoms with van der Waals surface area (Å²) in [5.41, 5.74) is -0.194. The van der Waals surface area contributed by atoms with Gasteiger partial charge in [0.15, 0.2) is 0 Å². The first-order chi connectivity index (χ1) is 8.45. The molecule has 1 aromatic heterocycles. The van der Waals surface area contributed by atoms with Gasteiger partial charge in [-0.2, -0.15) is 0 Å². The van der Waals surface area contributed by atoms with Crippen LogP contribution in [0.1, 0.15) is 30.6 Å². The molecule has 1 heterocycles. The van der Waals surface area contributed by atoms with E-state index in [1.54, 1.807) is 6.92 Å². The number of hydrogen-bond donors (Lipinski definition) is 2. The number of hydrogen-bond acceptors (Lipinski definition) is 3. The number of carboxylic acids is 1. The number of aliphatic carboxylic acids is 1. The Bertz CT molecular complexity index is 495. The van der Waals surface area contributed by atoms with Crippen molar-refractivity contribution in [3.05, 3.63) is 34.2 Å². The normalized spacial score (nSPS) is 11.9. The van der Waals surface area contributed by atoms with Gasteiger partial charge in [0.05, 0.1) is 0 Å². The van der Waals surface area contributed by atoms with E-state index in [2.05, 4.69) is 4.98 Å². The lowest BCUT2D eigenvalue weighted by Crippen LogP contribution is -2.42. The summed E-state index contributed by atoms with van der Waals surface area (Å²) in [5, 5.41) is 8.82. The molecule has 0 radical (unpaired) electrons. The van der Waals surface area contributed by atoms with Crippen LogP contribution >= 0.6 is 0 Å². The Morgan fingerprint density at radius 3 is 2.67 bits per heavy atom. The third-order valence-electron chi connectivity index (χ3n) is 2.71. The van der Waals surface area contributed by atoms with Crippen LogP contribution < -0.4 is 5.56 Å². The van der Waals surface area contributed by atoms with Gasteiger partial charge >= 0.3 is 5.97 Å². The fourth-order valence-electron chi connectivity index (χ4n) is 1.54. The Kier molecular flexibility index (Phi) is 4.65. The number of carbonyl (C=O) groups is 2. The molecule has 1 rings (SSSR count). The highest BCUT2D eigenvalue weighted by atomic mass is 16.4. The molecule has 0 aliphatic carbocycles. The predicted molar refractivity (Wildman–Crippen MR) is 65.5 cm³/mol. The molecule has 1 aromatic rings. The Labute approximate surface area is 104 Å². The predicted octanol–water partition coefficient (Wildman–Crippen LogP) is 0.700. The van der Waals surface area contributed by atoms with Crippen molar-refractivity contribution in [3.63, 3.8) is 0 Å². The number of aromatic amines is 1. The SMILES string of the molecule is CCC(C)N(CC(=O)O)C(=O)c1cc[nH]c(=O)c1. The maximum atomic E-state index is 12.1. The number of pyridine rings is 1. The number of H-pyrrole nitrogens is 1. The van der Waals surface area contributed by atoms with Gasteiger partial charge in [0, 0.05) is 23.9 Å². The highest BCUT2D eigenvalue weighted by molar-refractivity contribution is 5.95. The summed E-state index contributed by atoms with van der Waals surface area (Å²) >= 11 is 0. The molecule has 18 heavy (non-hydrogen) atoms. The van der Waals surface area contributed by atoms with Crippen LogP contribution in [0.15, 0.2) is 23.1 Å². The van der Waals surface area contributed by atoms with E-state index in [0.717, 1.165) is 0 Å². The molecule has 2 N–H and O–H groups in total. The first-order valence-electron chi connectivity index (χ1n) is 5.67. The summed E-state index contributed by atoms with van der Waals surface area (Å²) in [4.78, 5) is 37.7. The van der Waals surface area contributed by atoms with E-state index in [1.165, 1.54) is 23.2 Å². The number of carbonyl (C=O) groups excluding carboxylic acids is 1. The summed E-state index contributed by atoms with van der Waals surface area (Å²) in [5.74, 6) is -1.52. The Hall–Kier alpha value is -2.11. The molecule has 0 aliphatic rings. The standard InChI is InChI=1S/C12H16N2O4/c1-3-8(2)14(7-11(16)17)12(18)9-4-5-13-10(15)6-9/h4-6,8H,3,7H2,1-2H3,(H,13,15)(H,16,17). The number of aromatic nitrogens is 1. The Balaban J connectivity index is 3.02. The molecule has 1 unspecified atom stereocenters. The fourth-order valence-corrected chi connectivity index (χ4v) is 1.54. The van der Waals surface area contributed by atoms with Gasteiger partial charge in [0.25, 0.3) is 5.91 Å². The van der Waals surface area contributed by atoms with Gasteiger partial charge in [0.2, 0.25) is 5.56 Å². The number of nitrogens with zero attached hydrogens (tertiary/aromatic N) is 1. The van der Waals surface area contributed by atoms with Gasteiger partial charge in [-0.3, -0.25) is 14.4 Å². The lowest BCUT2D eigenvalue weighted by Gasteiger charge is -2.26. The molecular weight excluding hydrogens is 236 g/mol. The molecule has 6 heteroatoms. The van der Waals surface area contributed by atoms with Crippen molar-refractivity contribution < 1.29 is 14.7 Å². The van der Waals surface area contributed by atoms with Crippen molar-refractivity contribution in [2.45, 2.75) is 26.3 Å². The van der Waals surface area contributed by atoms with Crippen LogP contribution in [0.25, 0.3) is 0 Å². The average molecular weight is 252 g/mol. The number of amides is 1. The second kappa shape index (κ2) is 6.00. The molecule has 0 aliphatic heterocycles. The Morgan fingerprint density at radius 1 is 1.50 bits per heavy atom. The zero-order valence-electron chi connectivity index (χ0n) is 10.3. The molecule has 98 valence electrons. The van der Waals surface area contributed by atoms with Crippen molar-refractivity contribution in [2.75, 3.05) is 6.54 Å². The molecule has 0 spiro atoms. The van der Waals surface area contributed by atoms with Gasteiger partial charge in [-0.25, -0.2) is 0 Å². The van der Waals surface area contributed by atoms with Gasteiger partial charge < -0.3 is 15.0 Å². The third-order valence-corrected chi connectivity index (χ3v) is 2.71. The van der Waals surface area contributed by atoms with Crippen molar-refractivity contribution >= 4 is 11.9 Å². The maximum Gasteiger partial charge on any atom is 0.323 e. The fraction of sp³-hybridized carbons (Fsp3) is 0.417. The zero-order chi connectivity index (χ0) is 13.7. The quantitative estimate of drug-likeness (QED) is 0.807. The topological polar surface area (TPSA) is 90.5 Å². The number of carboxylic acid groups (broad SMARTS) is 1. The molecule has 1 amide bonds. The minimum absolute atomic E-state index is 0.195. The summed E-state index contributed by atoms with van der Waals surface area (Å²) in [6.07, 6.45) is 2.01. The molecule has 0 aromatic carbocycles. The van der Waals surface area contributed by atoms with Crippen LogP contribution in [-0.4, -0.2) is 39.5 Å². The van der Waals surface area contributed by atoms with Gasteiger partial charge in [-0.1, -0.05) is 6.92 Å². The minimum atomic E-state index is -1.08. The molecule has 6 nitrogen and oxygen atoms in total. The van der Waals surface area contributed by atoms with Crippen molar-refractivity contribution in [2.24, 2.45) is 0 Å². The molecular formula is C12H16N2O4. The van der Waals surface area contributed by atoms with E-state index in [9.17, 15) is 14.4 Å². The Morgan fingerprint density at radius 2 is 2.17 bits per heavy atom. The van der Waals surface area contributed by atoms with Crippen LogP contribution in [-0.2, 0) is 4.79 Å². The smallest absolute Gasteiger partial charge is 0.323 e. The highest BCUT2D eigenvalue weighted by Gasteiger charge is 2.22. The van der Waals surface area contributed by atoms with Gasteiger partial charge in [-0.05, 0) is 19.4 Å². The molecule has 0 saturated heterocycles. The monoisotopic (exact) mass is 252 g/mol. The highest BCUT2D eigenvalue weighted by Crippen LogP contribution is 2.09. The van der Waals surface area contributed by atoms with E-state index < -0.39 is 11.9 Å². The summed E-state index contributed by atoms with van der Waals surface area (Å²) in [6.45, 7) is 3.26. The number of nitrogens with one attached hydrogen (secondary N) is 1. The lowest BCUT2D eigenvalue weighted by atomic mass is 10.1. The van der Waals surface area contributed by atoms with E-state index >= 15 is 0 Å². The van der Waals surface area contributed by atoms with E-state index in [0.29, 0.717) is 6.42 Å². The summed E-state index contributed by atoms with van der Waals surface area (Å²) < 4.78 is 0. The molecule has 1 atom stereocenters. The van der Waals surface area contributed by atoms with Crippen LogP contribution in [0.2, 0.25) is 0 Å². The average Bonchev–Trinajstić information content (AvgIpc) is 2.34.